The van der Waals surface area contributed by atoms with E-state index in [1.54, 1.807) is 0 Å². The summed E-state index contributed by atoms with van der Waals surface area (Å²) >= 11 is 0. The monoisotopic (exact) mass is 823 g/mol. The lowest BCUT2D eigenvalue weighted by Crippen LogP contribution is -2.29. The first kappa shape index (κ1) is 54.4. The van der Waals surface area contributed by atoms with Crippen LogP contribution < -0.4 is 0 Å². The van der Waals surface area contributed by atoms with Gasteiger partial charge < -0.3 is 24.6 Å². The number of carbonyl (C=O) groups is 2. The Bertz CT molecular complexity index is 1180. The number of phosphoric ester groups is 1. The minimum Gasteiger partial charge on any atom is -0.462 e. The SMILES string of the molecule is CCCCC/C=C/C/C=C/C/C=C/C/C=C/CCCCCC(=O)O[C@H](COC(=O)CCCC/C=C/C/C=C/CCCCCCCC)COP(=O)(O)OC[C@@H](O)CO. The molecule has 0 spiro atoms. The molecule has 0 fully saturated rings. The van der Waals surface area contributed by atoms with Crippen LogP contribution in [0.5, 0.6) is 0 Å². The highest BCUT2D eigenvalue weighted by molar-refractivity contribution is 7.47. The number of allylic oxidation sites excluding steroid dienone is 12. The third-order valence-electron chi connectivity index (χ3n) is 8.83. The highest BCUT2D eigenvalue weighted by atomic mass is 31.2. The number of ether oxygens (including phenoxy) is 2. The number of unbranched alkanes of at least 4 members (excludes halogenated alkanes) is 14. The summed E-state index contributed by atoms with van der Waals surface area (Å²) in [5, 5.41) is 18.3. The van der Waals surface area contributed by atoms with Crippen molar-refractivity contribution in [3.63, 3.8) is 0 Å². The van der Waals surface area contributed by atoms with Gasteiger partial charge in [-0.1, -0.05) is 138 Å². The maximum absolute atomic E-state index is 12.6. The minimum absolute atomic E-state index is 0.136. The predicted octanol–water partition coefficient (Wildman–Crippen LogP) is 11.7. The van der Waals surface area contributed by atoms with E-state index in [1.165, 1.54) is 64.2 Å². The van der Waals surface area contributed by atoms with E-state index in [-0.39, 0.29) is 19.4 Å². The molecular formula is C46H79O10P. The first-order valence-electron chi connectivity index (χ1n) is 21.9. The zero-order valence-electron chi connectivity index (χ0n) is 35.5. The number of aliphatic hydroxyl groups excluding tert-OH is 2. The minimum atomic E-state index is -4.64. The quantitative estimate of drug-likeness (QED) is 0.0236. The fourth-order valence-electron chi connectivity index (χ4n) is 5.42. The van der Waals surface area contributed by atoms with Gasteiger partial charge in [0, 0.05) is 12.8 Å². The second-order valence-electron chi connectivity index (χ2n) is 14.4. The Hall–Kier alpha value is -2.59. The van der Waals surface area contributed by atoms with E-state index in [0.717, 1.165) is 64.2 Å². The average Bonchev–Trinajstić information content (AvgIpc) is 3.20. The third kappa shape index (κ3) is 41.4. The van der Waals surface area contributed by atoms with E-state index in [0.29, 0.717) is 12.8 Å². The molecule has 57 heavy (non-hydrogen) atoms. The number of carbonyl (C=O) groups excluding carboxylic acids is 2. The van der Waals surface area contributed by atoms with Gasteiger partial charge >= 0.3 is 19.8 Å². The van der Waals surface area contributed by atoms with Crippen molar-refractivity contribution in [2.24, 2.45) is 0 Å². The van der Waals surface area contributed by atoms with Gasteiger partial charge in [0.2, 0.25) is 0 Å². The molecule has 0 aromatic heterocycles. The number of rotatable bonds is 40. The summed E-state index contributed by atoms with van der Waals surface area (Å²) in [5.41, 5.74) is 0. The van der Waals surface area contributed by atoms with Crippen LogP contribution in [-0.4, -0.2) is 65.7 Å². The molecule has 0 rings (SSSR count). The molecule has 328 valence electrons. The molecule has 0 aliphatic carbocycles. The summed E-state index contributed by atoms with van der Waals surface area (Å²) in [6, 6.07) is 0. The molecule has 0 amide bonds. The van der Waals surface area contributed by atoms with Gasteiger partial charge in [0.1, 0.15) is 12.7 Å². The molecule has 0 saturated carbocycles. The molecule has 0 aromatic rings. The molecule has 0 aliphatic rings. The lowest BCUT2D eigenvalue weighted by atomic mass is 10.1. The molecular weight excluding hydrogens is 743 g/mol. The Morgan fingerprint density at radius 1 is 0.526 bits per heavy atom. The smallest absolute Gasteiger partial charge is 0.462 e. The summed E-state index contributed by atoms with van der Waals surface area (Å²) in [4.78, 5) is 35.0. The van der Waals surface area contributed by atoms with Gasteiger partial charge in [-0.25, -0.2) is 4.57 Å². The second kappa shape index (κ2) is 41.6. The zero-order valence-corrected chi connectivity index (χ0v) is 36.4. The molecule has 0 aliphatic heterocycles. The fourth-order valence-corrected chi connectivity index (χ4v) is 6.21. The summed E-state index contributed by atoms with van der Waals surface area (Å²) in [6.07, 6.45) is 47.3. The van der Waals surface area contributed by atoms with Gasteiger partial charge in [0.05, 0.1) is 19.8 Å². The van der Waals surface area contributed by atoms with Crippen molar-refractivity contribution in [2.75, 3.05) is 26.4 Å². The van der Waals surface area contributed by atoms with E-state index in [4.69, 9.17) is 19.1 Å². The van der Waals surface area contributed by atoms with E-state index in [1.807, 2.05) is 0 Å². The van der Waals surface area contributed by atoms with Crippen LogP contribution >= 0.6 is 7.82 Å². The van der Waals surface area contributed by atoms with Crippen molar-refractivity contribution < 1.29 is 47.8 Å². The number of aliphatic hydroxyl groups is 2. The first-order chi connectivity index (χ1) is 27.7. The number of esters is 2. The van der Waals surface area contributed by atoms with Crippen LogP contribution in [-0.2, 0) is 32.7 Å². The summed E-state index contributed by atoms with van der Waals surface area (Å²) in [5.74, 6) is -1.00. The Balaban J connectivity index is 4.43. The number of hydrogen-bond acceptors (Lipinski definition) is 9. The summed E-state index contributed by atoms with van der Waals surface area (Å²) in [7, 11) is -4.64. The maximum Gasteiger partial charge on any atom is 0.472 e. The molecule has 3 atom stereocenters. The molecule has 0 heterocycles. The molecule has 0 saturated heterocycles. The Morgan fingerprint density at radius 2 is 0.912 bits per heavy atom. The normalized spacial score (nSPS) is 14.5. The van der Waals surface area contributed by atoms with E-state index in [2.05, 4.69) is 91.3 Å². The van der Waals surface area contributed by atoms with Crippen LogP contribution in [0.2, 0.25) is 0 Å². The van der Waals surface area contributed by atoms with Gasteiger partial charge in [-0.2, -0.15) is 0 Å². The van der Waals surface area contributed by atoms with Crippen LogP contribution in [0.1, 0.15) is 168 Å². The molecule has 11 heteroatoms. The van der Waals surface area contributed by atoms with Crippen LogP contribution in [0.25, 0.3) is 0 Å². The first-order valence-corrected chi connectivity index (χ1v) is 23.4. The summed E-state index contributed by atoms with van der Waals surface area (Å²) < 4.78 is 32.6. The Labute approximate surface area is 346 Å². The molecule has 0 radical (unpaired) electrons. The van der Waals surface area contributed by atoms with E-state index >= 15 is 0 Å². The zero-order chi connectivity index (χ0) is 41.9. The number of hydrogen-bond donors (Lipinski definition) is 3. The van der Waals surface area contributed by atoms with Gasteiger partial charge in [-0.15, -0.1) is 0 Å². The third-order valence-corrected chi connectivity index (χ3v) is 9.78. The van der Waals surface area contributed by atoms with Crippen molar-refractivity contribution in [1.82, 2.24) is 0 Å². The fraction of sp³-hybridized carbons (Fsp3) is 0.696. The van der Waals surface area contributed by atoms with Crippen molar-refractivity contribution in [2.45, 2.75) is 180 Å². The largest absolute Gasteiger partial charge is 0.472 e. The topological polar surface area (TPSA) is 149 Å². The van der Waals surface area contributed by atoms with Gasteiger partial charge in [-0.3, -0.25) is 18.6 Å². The van der Waals surface area contributed by atoms with Crippen molar-refractivity contribution >= 4 is 19.8 Å². The predicted molar refractivity (Wildman–Crippen MR) is 233 cm³/mol. The van der Waals surface area contributed by atoms with Crippen LogP contribution in [0.4, 0.5) is 0 Å². The van der Waals surface area contributed by atoms with Crippen molar-refractivity contribution in [3.8, 4) is 0 Å². The lowest BCUT2D eigenvalue weighted by molar-refractivity contribution is -0.161. The maximum atomic E-state index is 12.6. The lowest BCUT2D eigenvalue weighted by Gasteiger charge is -2.20. The Kier molecular flexibility index (Phi) is 39.7. The highest BCUT2D eigenvalue weighted by Gasteiger charge is 2.27. The second-order valence-corrected chi connectivity index (χ2v) is 15.8. The average molecular weight is 823 g/mol. The van der Waals surface area contributed by atoms with Crippen molar-refractivity contribution in [1.29, 1.82) is 0 Å². The van der Waals surface area contributed by atoms with Crippen LogP contribution in [0, 0.1) is 0 Å². The van der Waals surface area contributed by atoms with Crippen molar-refractivity contribution in [3.05, 3.63) is 72.9 Å². The van der Waals surface area contributed by atoms with Gasteiger partial charge in [-0.05, 0) is 89.9 Å². The highest BCUT2D eigenvalue weighted by Crippen LogP contribution is 2.43. The molecule has 10 nitrogen and oxygen atoms in total. The molecule has 3 N–H and O–H groups in total. The number of phosphoric acid groups is 1. The van der Waals surface area contributed by atoms with E-state index < -0.39 is 51.8 Å². The van der Waals surface area contributed by atoms with Crippen LogP contribution in [0.3, 0.4) is 0 Å². The van der Waals surface area contributed by atoms with Gasteiger partial charge in [0.25, 0.3) is 0 Å². The van der Waals surface area contributed by atoms with Crippen LogP contribution in [0.15, 0.2) is 72.9 Å². The standard InChI is InChI=1S/C46H79O10P/c1-3-5-7-9-11-13-15-17-19-20-21-22-24-26-28-30-32-34-36-38-46(50)56-44(42-55-57(51,52)54-40-43(48)39-47)41-53-45(49)37-35-33-31-29-27-25-23-18-16-14-12-10-8-6-4-2/h11,13,17-19,21-23,26-29,43-44,47-48H,3-10,12,14-16,20,24-25,30-42H2,1-2H3,(H,51,52)/b13-11+,19-17+,22-21+,23-18+,28-26+,29-27+/t43-,44+/m0/s1. The molecule has 1 unspecified atom stereocenters. The molecule has 0 aromatic carbocycles. The molecule has 0 bridgehead atoms. The summed E-state index contributed by atoms with van der Waals surface area (Å²) in [6.45, 7) is 2.26. The van der Waals surface area contributed by atoms with E-state index in [9.17, 15) is 24.2 Å². The van der Waals surface area contributed by atoms with Gasteiger partial charge in [0.15, 0.2) is 6.10 Å². The Morgan fingerprint density at radius 3 is 1.44 bits per heavy atom.